The van der Waals surface area contributed by atoms with Crippen molar-refractivity contribution in [3.8, 4) is 5.75 Å². The van der Waals surface area contributed by atoms with Crippen LogP contribution < -0.4 is 4.74 Å². The van der Waals surface area contributed by atoms with Crippen LogP contribution in [0.15, 0.2) is 41.0 Å². The van der Waals surface area contributed by atoms with Gasteiger partial charge in [-0.2, -0.15) is 0 Å². The number of nitrogens with zero attached hydrogens (tertiary/aromatic N) is 2. The average molecular weight is 388 g/mol. The molecule has 0 aliphatic carbocycles. The van der Waals surface area contributed by atoms with Crippen LogP contribution >= 0.6 is 0 Å². The van der Waals surface area contributed by atoms with Crippen LogP contribution in [0.5, 0.6) is 5.75 Å². The van der Waals surface area contributed by atoms with Crippen LogP contribution in [0.3, 0.4) is 0 Å². The van der Waals surface area contributed by atoms with Crippen molar-refractivity contribution >= 4 is 11.8 Å². The first-order chi connectivity index (χ1) is 13.5. The molecule has 3 rings (SSSR count). The third kappa shape index (κ3) is 4.35. The Balaban J connectivity index is 1.66. The molecule has 2 aromatic rings. The molecule has 0 N–H and O–H groups in total. The summed E-state index contributed by atoms with van der Waals surface area (Å²) in [6.07, 6.45) is 2.96. The van der Waals surface area contributed by atoms with Crippen LogP contribution in [0.25, 0.3) is 0 Å². The molecule has 0 radical (unpaired) electrons. The maximum absolute atomic E-state index is 14.0. The van der Waals surface area contributed by atoms with E-state index in [0.29, 0.717) is 31.7 Å². The number of amides is 2. The van der Waals surface area contributed by atoms with Crippen LogP contribution in [0, 0.1) is 11.7 Å². The Morgan fingerprint density at radius 3 is 2.82 bits per heavy atom. The number of likely N-dealkylation sites (tertiary alicyclic amines) is 1. The van der Waals surface area contributed by atoms with Crippen molar-refractivity contribution in [3.05, 3.63) is 53.7 Å². The highest BCUT2D eigenvalue weighted by Crippen LogP contribution is 2.23. The first-order valence-corrected chi connectivity index (χ1v) is 9.47. The lowest BCUT2D eigenvalue weighted by molar-refractivity contribution is -0.137. The average Bonchev–Trinajstić information content (AvgIpc) is 3.26. The van der Waals surface area contributed by atoms with Crippen molar-refractivity contribution in [1.82, 2.24) is 9.80 Å². The van der Waals surface area contributed by atoms with Gasteiger partial charge < -0.3 is 19.0 Å². The van der Waals surface area contributed by atoms with Gasteiger partial charge in [0.15, 0.2) is 17.3 Å². The molecule has 1 saturated heterocycles. The van der Waals surface area contributed by atoms with Crippen LogP contribution in [0.1, 0.15) is 35.9 Å². The van der Waals surface area contributed by atoms with Gasteiger partial charge in [-0.25, -0.2) is 4.39 Å². The van der Waals surface area contributed by atoms with Crippen molar-refractivity contribution < 1.29 is 23.1 Å². The Morgan fingerprint density at radius 2 is 2.18 bits per heavy atom. The summed E-state index contributed by atoms with van der Waals surface area (Å²) >= 11 is 0. The van der Waals surface area contributed by atoms with E-state index in [0.717, 1.165) is 12.8 Å². The Morgan fingerprint density at radius 1 is 1.36 bits per heavy atom. The smallest absolute Gasteiger partial charge is 0.289 e. The fourth-order valence-electron chi connectivity index (χ4n) is 3.55. The maximum atomic E-state index is 14.0. The normalized spacial score (nSPS) is 16.7. The zero-order valence-corrected chi connectivity index (χ0v) is 16.2. The van der Waals surface area contributed by atoms with Gasteiger partial charge >= 0.3 is 0 Å². The molecule has 1 aliphatic heterocycles. The lowest BCUT2D eigenvalue weighted by Gasteiger charge is -2.34. The highest BCUT2D eigenvalue weighted by atomic mass is 19.1. The number of ether oxygens (including phenoxy) is 1. The predicted molar refractivity (Wildman–Crippen MR) is 101 cm³/mol. The second kappa shape index (κ2) is 8.91. The lowest BCUT2D eigenvalue weighted by Crippen LogP contribution is -2.46. The number of hydrogen-bond donors (Lipinski definition) is 0. The molecule has 2 amide bonds. The Bertz CT molecular complexity index is 822. The van der Waals surface area contributed by atoms with Gasteiger partial charge in [0, 0.05) is 26.2 Å². The monoisotopic (exact) mass is 388 g/mol. The van der Waals surface area contributed by atoms with Crippen LogP contribution in [-0.4, -0.2) is 48.4 Å². The molecule has 150 valence electrons. The molecule has 2 heterocycles. The van der Waals surface area contributed by atoms with E-state index < -0.39 is 5.82 Å². The highest BCUT2D eigenvalue weighted by Gasteiger charge is 2.32. The molecule has 1 aromatic carbocycles. The first kappa shape index (κ1) is 19.9. The van der Waals surface area contributed by atoms with E-state index in [2.05, 4.69) is 0 Å². The van der Waals surface area contributed by atoms with Crippen molar-refractivity contribution in [2.45, 2.75) is 26.3 Å². The van der Waals surface area contributed by atoms with E-state index in [-0.39, 0.29) is 29.2 Å². The molecule has 0 bridgehead atoms. The molecule has 1 atom stereocenters. The van der Waals surface area contributed by atoms with Gasteiger partial charge in [0.2, 0.25) is 5.91 Å². The molecule has 0 saturated carbocycles. The number of piperidine rings is 1. The summed E-state index contributed by atoms with van der Waals surface area (Å²) in [6, 6.07) is 8.01. The molecular formula is C21H25FN2O4. The van der Waals surface area contributed by atoms with Crippen LogP contribution in [0.2, 0.25) is 0 Å². The minimum Gasteiger partial charge on any atom is -0.494 e. The van der Waals surface area contributed by atoms with Crippen molar-refractivity contribution in [1.29, 1.82) is 0 Å². The topological polar surface area (TPSA) is 63.0 Å². The van der Waals surface area contributed by atoms with E-state index in [1.165, 1.54) is 19.4 Å². The zero-order valence-electron chi connectivity index (χ0n) is 16.2. The van der Waals surface area contributed by atoms with E-state index in [9.17, 15) is 14.0 Å². The van der Waals surface area contributed by atoms with E-state index >= 15 is 0 Å². The number of carbonyl (C=O) groups is 2. The van der Waals surface area contributed by atoms with Crippen LogP contribution in [-0.2, 0) is 11.3 Å². The molecule has 1 unspecified atom stereocenters. The second-order valence-electron chi connectivity index (χ2n) is 6.89. The summed E-state index contributed by atoms with van der Waals surface area (Å²) in [7, 11) is 1.42. The summed E-state index contributed by atoms with van der Waals surface area (Å²) in [5, 5.41) is 0. The maximum Gasteiger partial charge on any atom is 0.289 e. The zero-order chi connectivity index (χ0) is 20.1. The number of benzene rings is 1. The van der Waals surface area contributed by atoms with Gasteiger partial charge in [-0.1, -0.05) is 6.07 Å². The second-order valence-corrected chi connectivity index (χ2v) is 6.89. The summed E-state index contributed by atoms with van der Waals surface area (Å²) in [5.41, 5.74) is 0.702. The number of hydrogen-bond acceptors (Lipinski definition) is 4. The number of carbonyl (C=O) groups excluding carboxylic acids is 2. The Hall–Kier alpha value is -2.83. The minimum absolute atomic E-state index is 0.0179. The standard InChI is InChI=1S/C21H25FN2O4/c1-3-23(13-15-8-9-18(27-2)17(22)12-15)20(25)16-6-4-10-24(14-16)21(26)19-7-5-11-28-19/h5,7-9,11-12,16H,3-4,6,10,13-14H2,1-2H3. The minimum atomic E-state index is -0.448. The first-order valence-electron chi connectivity index (χ1n) is 9.47. The van der Waals surface area contributed by atoms with Gasteiger partial charge in [-0.05, 0) is 49.6 Å². The molecule has 1 aromatic heterocycles. The Kier molecular flexibility index (Phi) is 6.34. The molecule has 1 aliphatic rings. The fourth-order valence-corrected chi connectivity index (χ4v) is 3.55. The van der Waals surface area contributed by atoms with Gasteiger partial charge in [0.25, 0.3) is 5.91 Å². The van der Waals surface area contributed by atoms with E-state index in [1.54, 1.807) is 34.1 Å². The molecular weight excluding hydrogens is 363 g/mol. The SMILES string of the molecule is CCN(Cc1ccc(OC)c(F)c1)C(=O)C1CCCN(C(=O)c2ccco2)C1. The van der Waals surface area contributed by atoms with Crippen molar-refractivity contribution in [3.63, 3.8) is 0 Å². The van der Waals surface area contributed by atoms with E-state index in [4.69, 9.17) is 9.15 Å². The predicted octanol–water partition coefficient (Wildman–Crippen LogP) is 3.33. The number of methoxy groups -OCH3 is 1. The largest absolute Gasteiger partial charge is 0.494 e. The van der Waals surface area contributed by atoms with Gasteiger partial charge in [0.05, 0.1) is 19.3 Å². The third-order valence-corrected chi connectivity index (χ3v) is 5.07. The molecule has 28 heavy (non-hydrogen) atoms. The van der Waals surface area contributed by atoms with Gasteiger partial charge in [-0.15, -0.1) is 0 Å². The number of rotatable bonds is 6. The summed E-state index contributed by atoms with van der Waals surface area (Å²) in [5.74, 6) is -0.461. The summed E-state index contributed by atoms with van der Waals surface area (Å²) < 4.78 is 24.1. The van der Waals surface area contributed by atoms with Gasteiger partial charge in [0.1, 0.15) is 0 Å². The highest BCUT2D eigenvalue weighted by molar-refractivity contribution is 5.92. The number of halogens is 1. The molecule has 7 heteroatoms. The fraction of sp³-hybridized carbons (Fsp3) is 0.429. The number of furan rings is 1. The van der Waals surface area contributed by atoms with Gasteiger partial charge in [-0.3, -0.25) is 9.59 Å². The lowest BCUT2D eigenvalue weighted by atomic mass is 9.96. The van der Waals surface area contributed by atoms with Crippen molar-refractivity contribution in [2.24, 2.45) is 5.92 Å². The van der Waals surface area contributed by atoms with Crippen LogP contribution in [0.4, 0.5) is 4.39 Å². The summed E-state index contributed by atoms with van der Waals surface area (Å²) in [6.45, 7) is 3.70. The molecule has 6 nitrogen and oxygen atoms in total. The summed E-state index contributed by atoms with van der Waals surface area (Å²) in [4.78, 5) is 28.9. The quantitative estimate of drug-likeness (QED) is 0.762. The molecule has 1 fully saturated rings. The van der Waals surface area contributed by atoms with E-state index in [1.807, 2.05) is 6.92 Å². The molecule has 0 spiro atoms. The third-order valence-electron chi connectivity index (χ3n) is 5.07. The Labute approximate surface area is 163 Å². The van der Waals surface area contributed by atoms with Crippen molar-refractivity contribution in [2.75, 3.05) is 26.7 Å².